The third-order valence-electron chi connectivity index (χ3n) is 3.37. The fraction of sp³-hybridized carbons (Fsp3) is 0.278. The molecule has 140 valence electrons. The summed E-state index contributed by atoms with van der Waals surface area (Å²) in [6.45, 7) is 1.92. The van der Waals surface area contributed by atoms with Crippen molar-refractivity contribution in [2.45, 2.75) is 13.1 Å². The van der Waals surface area contributed by atoms with E-state index >= 15 is 0 Å². The van der Waals surface area contributed by atoms with E-state index < -0.39 is 24.3 Å². The molecule has 0 saturated heterocycles. The number of benzene rings is 2. The molecule has 0 unspecified atom stereocenters. The third kappa shape index (κ3) is 6.15. The van der Waals surface area contributed by atoms with Gasteiger partial charge in [0, 0.05) is 5.02 Å². The van der Waals surface area contributed by atoms with Gasteiger partial charge in [-0.25, -0.2) is 0 Å². The van der Waals surface area contributed by atoms with Crippen LogP contribution >= 0.6 is 11.6 Å². The maximum Gasteiger partial charge on any atom is 0.416 e. The number of carbonyl (C=O) groups excluding carboxylic acids is 1. The topological polar surface area (TPSA) is 47.6 Å². The van der Waals surface area contributed by atoms with Gasteiger partial charge >= 0.3 is 6.18 Å². The molecule has 2 aromatic rings. The van der Waals surface area contributed by atoms with Gasteiger partial charge in [0.05, 0.1) is 12.1 Å². The van der Waals surface area contributed by atoms with E-state index in [1.807, 2.05) is 13.0 Å². The normalized spacial score (nSPS) is 11.1. The van der Waals surface area contributed by atoms with E-state index in [1.165, 1.54) is 12.1 Å². The van der Waals surface area contributed by atoms with E-state index in [0.717, 1.165) is 17.7 Å². The molecular formula is C18H17ClF3NO3. The van der Waals surface area contributed by atoms with Gasteiger partial charge in [0.2, 0.25) is 0 Å². The van der Waals surface area contributed by atoms with Crippen molar-refractivity contribution in [3.8, 4) is 11.5 Å². The highest BCUT2D eigenvalue weighted by atomic mass is 35.5. The van der Waals surface area contributed by atoms with E-state index in [1.54, 1.807) is 12.1 Å². The number of nitrogens with one attached hydrogen (secondary N) is 1. The highest BCUT2D eigenvalue weighted by molar-refractivity contribution is 6.31. The number of ether oxygens (including phenoxy) is 2. The Morgan fingerprint density at radius 2 is 1.85 bits per heavy atom. The second-order valence-corrected chi connectivity index (χ2v) is 5.83. The van der Waals surface area contributed by atoms with Gasteiger partial charge in [-0.05, 0) is 42.8 Å². The Morgan fingerprint density at radius 1 is 1.12 bits per heavy atom. The van der Waals surface area contributed by atoms with Crippen LogP contribution in [0.5, 0.6) is 11.5 Å². The zero-order valence-corrected chi connectivity index (χ0v) is 14.7. The molecule has 1 amide bonds. The van der Waals surface area contributed by atoms with Gasteiger partial charge in [-0.3, -0.25) is 4.79 Å². The van der Waals surface area contributed by atoms with Crippen LogP contribution in [0.4, 0.5) is 13.2 Å². The fourth-order valence-electron chi connectivity index (χ4n) is 1.98. The van der Waals surface area contributed by atoms with Crippen molar-refractivity contribution in [2.75, 3.05) is 19.8 Å². The van der Waals surface area contributed by atoms with Gasteiger partial charge < -0.3 is 14.8 Å². The first-order valence-electron chi connectivity index (χ1n) is 7.71. The molecular weight excluding hydrogens is 371 g/mol. The molecule has 0 aromatic heterocycles. The maximum absolute atomic E-state index is 12.6. The standard InChI is InChI=1S/C18H17ClF3NO3/c1-12-5-6-15(10-16(12)19)25-8-7-23-17(24)11-26-14-4-2-3-13(9-14)18(20,21)22/h2-6,9-10H,7-8,11H2,1H3,(H,23,24). The molecule has 4 nitrogen and oxygen atoms in total. The predicted octanol–water partition coefficient (Wildman–Crippen LogP) is 4.24. The maximum atomic E-state index is 12.6. The summed E-state index contributed by atoms with van der Waals surface area (Å²) in [5, 5.41) is 3.13. The monoisotopic (exact) mass is 387 g/mol. The van der Waals surface area contributed by atoms with Gasteiger partial charge in [0.15, 0.2) is 6.61 Å². The lowest BCUT2D eigenvalue weighted by atomic mass is 10.2. The van der Waals surface area contributed by atoms with Crippen molar-refractivity contribution in [3.05, 3.63) is 58.6 Å². The Morgan fingerprint density at radius 3 is 2.54 bits per heavy atom. The zero-order valence-electron chi connectivity index (χ0n) is 13.9. The number of carbonyl (C=O) groups is 1. The SMILES string of the molecule is Cc1ccc(OCCNC(=O)COc2cccc(C(F)(F)F)c2)cc1Cl. The van der Waals surface area contributed by atoms with Crippen molar-refractivity contribution in [1.82, 2.24) is 5.32 Å². The third-order valence-corrected chi connectivity index (χ3v) is 3.77. The summed E-state index contributed by atoms with van der Waals surface area (Å²) in [6.07, 6.45) is -4.46. The lowest BCUT2D eigenvalue weighted by Gasteiger charge is -2.11. The molecule has 0 radical (unpaired) electrons. The Bertz CT molecular complexity index is 766. The Balaban J connectivity index is 1.71. The Labute approximate surface area is 153 Å². The van der Waals surface area contributed by atoms with Gasteiger partial charge in [0.25, 0.3) is 5.91 Å². The molecule has 2 rings (SSSR count). The van der Waals surface area contributed by atoms with Crippen LogP contribution in [0.2, 0.25) is 5.02 Å². The van der Waals surface area contributed by atoms with Gasteiger partial charge in [-0.15, -0.1) is 0 Å². The van der Waals surface area contributed by atoms with Crippen LogP contribution in [-0.4, -0.2) is 25.7 Å². The summed E-state index contributed by atoms with van der Waals surface area (Å²) in [4.78, 5) is 11.7. The van der Waals surface area contributed by atoms with Crippen LogP contribution in [0.3, 0.4) is 0 Å². The van der Waals surface area contributed by atoms with E-state index in [2.05, 4.69) is 5.32 Å². The molecule has 0 fully saturated rings. The molecule has 8 heteroatoms. The minimum Gasteiger partial charge on any atom is -0.492 e. The largest absolute Gasteiger partial charge is 0.492 e. The van der Waals surface area contributed by atoms with Crippen molar-refractivity contribution in [1.29, 1.82) is 0 Å². The van der Waals surface area contributed by atoms with Crippen molar-refractivity contribution >= 4 is 17.5 Å². The van der Waals surface area contributed by atoms with Crippen LogP contribution in [0.15, 0.2) is 42.5 Å². The highest BCUT2D eigenvalue weighted by Crippen LogP contribution is 2.31. The molecule has 0 spiro atoms. The summed E-state index contributed by atoms with van der Waals surface area (Å²) in [7, 11) is 0. The fourth-order valence-corrected chi connectivity index (χ4v) is 2.16. The minimum atomic E-state index is -4.46. The highest BCUT2D eigenvalue weighted by Gasteiger charge is 2.30. The molecule has 26 heavy (non-hydrogen) atoms. The number of halogens is 4. The summed E-state index contributed by atoms with van der Waals surface area (Å²) >= 11 is 5.98. The van der Waals surface area contributed by atoms with Crippen molar-refractivity contribution in [3.63, 3.8) is 0 Å². The summed E-state index contributed by atoms with van der Waals surface area (Å²) in [6, 6.07) is 9.61. The molecule has 0 aliphatic carbocycles. The Kier molecular flexibility index (Phi) is 6.74. The van der Waals surface area contributed by atoms with E-state index in [-0.39, 0.29) is 18.9 Å². The minimum absolute atomic E-state index is 0.0273. The average Bonchev–Trinajstić information content (AvgIpc) is 2.59. The second-order valence-electron chi connectivity index (χ2n) is 5.42. The van der Waals surface area contributed by atoms with Crippen LogP contribution in [0, 0.1) is 6.92 Å². The predicted molar refractivity (Wildman–Crippen MR) is 91.6 cm³/mol. The second kappa shape index (κ2) is 8.80. The molecule has 0 aliphatic heterocycles. The summed E-state index contributed by atoms with van der Waals surface area (Å²) in [5.74, 6) is 0.0866. The number of amides is 1. The van der Waals surface area contributed by atoms with Crippen LogP contribution < -0.4 is 14.8 Å². The van der Waals surface area contributed by atoms with Crippen molar-refractivity contribution < 1.29 is 27.4 Å². The lowest BCUT2D eigenvalue weighted by molar-refractivity contribution is -0.137. The number of hydrogen-bond donors (Lipinski definition) is 1. The molecule has 2 aromatic carbocycles. The first-order valence-corrected chi connectivity index (χ1v) is 8.09. The molecule has 1 N–H and O–H groups in total. The van der Waals surface area contributed by atoms with Gasteiger partial charge in [-0.2, -0.15) is 13.2 Å². The molecule has 0 saturated carbocycles. The van der Waals surface area contributed by atoms with Crippen LogP contribution in [-0.2, 0) is 11.0 Å². The summed E-state index contributed by atoms with van der Waals surface area (Å²) in [5.41, 5.74) is 0.0969. The number of aryl methyl sites for hydroxylation is 1. The van der Waals surface area contributed by atoms with Gasteiger partial charge in [0.1, 0.15) is 18.1 Å². The van der Waals surface area contributed by atoms with Crippen molar-refractivity contribution in [2.24, 2.45) is 0 Å². The average molecular weight is 388 g/mol. The van der Waals surface area contributed by atoms with Gasteiger partial charge in [-0.1, -0.05) is 23.7 Å². The first-order chi connectivity index (χ1) is 12.3. The van der Waals surface area contributed by atoms with E-state index in [4.69, 9.17) is 21.1 Å². The molecule has 0 atom stereocenters. The molecule has 0 aliphatic rings. The first kappa shape index (κ1) is 19.9. The molecule has 0 heterocycles. The van der Waals surface area contributed by atoms with Crippen LogP contribution in [0.25, 0.3) is 0 Å². The van der Waals surface area contributed by atoms with E-state index in [0.29, 0.717) is 10.8 Å². The number of rotatable bonds is 7. The lowest BCUT2D eigenvalue weighted by Crippen LogP contribution is -2.32. The van der Waals surface area contributed by atoms with Crippen LogP contribution in [0.1, 0.15) is 11.1 Å². The zero-order chi connectivity index (χ0) is 19.2. The Hall–Kier alpha value is -2.41. The molecule has 0 bridgehead atoms. The smallest absolute Gasteiger partial charge is 0.416 e. The summed E-state index contributed by atoms with van der Waals surface area (Å²) < 4.78 is 48.3. The number of alkyl halides is 3. The quantitative estimate of drug-likeness (QED) is 0.723. The van der Waals surface area contributed by atoms with E-state index in [9.17, 15) is 18.0 Å². The number of hydrogen-bond acceptors (Lipinski definition) is 3.